The normalized spacial score (nSPS) is 10.2. The highest BCUT2D eigenvalue weighted by Crippen LogP contribution is 2.16. The summed E-state index contributed by atoms with van der Waals surface area (Å²) in [4.78, 5) is 8.37. The maximum Gasteiger partial charge on any atom is 0.135 e. The predicted molar refractivity (Wildman–Crippen MR) is 85.5 cm³/mol. The minimum Gasteiger partial charge on any atom is -0.366 e. The van der Waals surface area contributed by atoms with E-state index in [4.69, 9.17) is 0 Å². The largest absolute Gasteiger partial charge is 0.366 e. The molecule has 0 aliphatic heterocycles. The first-order chi connectivity index (χ1) is 10.8. The number of para-hydroxylation sites is 1. The van der Waals surface area contributed by atoms with Crippen LogP contribution in [0.15, 0.2) is 67.0 Å². The standard InChI is InChI=1S/C17H15FN4/c18-14-8-6-13(7-9-14)11-19-16-10-17(21-12-20-16)22-15-4-2-1-3-5-15/h1-10,12H,11H2,(H2,19,20,21,22). The zero-order valence-corrected chi connectivity index (χ0v) is 11.8. The number of aromatic nitrogens is 2. The summed E-state index contributed by atoms with van der Waals surface area (Å²) in [5, 5.41) is 6.40. The molecule has 22 heavy (non-hydrogen) atoms. The molecule has 110 valence electrons. The van der Waals surface area contributed by atoms with Crippen LogP contribution in [-0.2, 0) is 6.54 Å². The number of halogens is 1. The van der Waals surface area contributed by atoms with Crippen molar-refractivity contribution >= 4 is 17.3 Å². The third-order valence-electron chi connectivity index (χ3n) is 3.10. The number of hydrogen-bond acceptors (Lipinski definition) is 4. The monoisotopic (exact) mass is 294 g/mol. The summed E-state index contributed by atoms with van der Waals surface area (Å²) in [5.74, 6) is 1.18. The summed E-state index contributed by atoms with van der Waals surface area (Å²) in [6.45, 7) is 0.571. The molecule has 0 saturated heterocycles. The van der Waals surface area contributed by atoms with Crippen LogP contribution in [0.2, 0.25) is 0 Å². The van der Waals surface area contributed by atoms with E-state index >= 15 is 0 Å². The smallest absolute Gasteiger partial charge is 0.135 e. The van der Waals surface area contributed by atoms with Crippen molar-refractivity contribution in [1.29, 1.82) is 0 Å². The van der Waals surface area contributed by atoms with Gasteiger partial charge in [0.25, 0.3) is 0 Å². The highest BCUT2D eigenvalue weighted by molar-refractivity contribution is 5.58. The number of benzene rings is 2. The second-order valence-electron chi connectivity index (χ2n) is 4.76. The van der Waals surface area contributed by atoms with Crippen LogP contribution < -0.4 is 10.6 Å². The number of anilines is 3. The molecule has 0 atom stereocenters. The van der Waals surface area contributed by atoms with Crippen LogP contribution in [0.4, 0.5) is 21.7 Å². The highest BCUT2D eigenvalue weighted by atomic mass is 19.1. The fraction of sp³-hybridized carbons (Fsp3) is 0.0588. The minimum atomic E-state index is -0.236. The van der Waals surface area contributed by atoms with Gasteiger partial charge in [-0.2, -0.15) is 0 Å². The Kier molecular flexibility index (Phi) is 4.25. The molecule has 0 fully saturated rings. The molecule has 0 spiro atoms. The summed E-state index contributed by atoms with van der Waals surface area (Å²) in [6.07, 6.45) is 1.50. The van der Waals surface area contributed by atoms with E-state index in [0.717, 1.165) is 11.3 Å². The van der Waals surface area contributed by atoms with Crippen LogP contribution in [0.3, 0.4) is 0 Å². The molecular weight excluding hydrogens is 279 g/mol. The molecule has 0 unspecified atom stereocenters. The highest BCUT2D eigenvalue weighted by Gasteiger charge is 2.00. The van der Waals surface area contributed by atoms with Gasteiger partial charge in [0.05, 0.1) is 0 Å². The van der Waals surface area contributed by atoms with E-state index in [9.17, 15) is 4.39 Å². The van der Waals surface area contributed by atoms with Crippen molar-refractivity contribution in [1.82, 2.24) is 9.97 Å². The molecule has 0 bridgehead atoms. The van der Waals surface area contributed by atoms with Gasteiger partial charge in [0, 0.05) is 18.3 Å². The van der Waals surface area contributed by atoms with Crippen LogP contribution in [-0.4, -0.2) is 9.97 Å². The number of hydrogen-bond donors (Lipinski definition) is 2. The van der Waals surface area contributed by atoms with Crippen molar-refractivity contribution in [2.24, 2.45) is 0 Å². The lowest BCUT2D eigenvalue weighted by Crippen LogP contribution is -2.03. The van der Waals surface area contributed by atoms with Gasteiger partial charge in [-0.1, -0.05) is 30.3 Å². The molecule has 3 rings (SSSR count). The van der Waals surface area contributed by atoms with E-state index in [1.807, 2.05) is 36.4 Å². The second kappa shape index (κ2) is 6.67. The molecule has 2 aromatic carbocycles. The molecule has 0 radical (unpaired) electrons. The Bertz CT molecular complexity index is 729. The fourth-order valence-corrected chi connectivity index (χ4v) is 1.99. The third kappa shape index (κ3) is 3.79. The lowest BCUT2D eigenvalue weighted by atomic mass is 10.2. The average Bonchev–Trinajstić information content (AvgIpc) is 2.56. The van der Waals surface area contributed by atoms with Gasteiger partial charge in [-0.3, -0.25) is 0 Å². The van der Waals surface area contributed by atoms with Crippen LogP contribution in [0.1, 0.15) is 5.56 Å². The fourth-order valence-electron chi connectivity index (χ4n) is 1.99. The van der Waals surface area contributed by atoms with Crippen molar-refractivity contribution in [3.63, 3.8) is 0 Å². The Morgan fingerprint density at radius 2 is 1.59 bits per heavy atom. The first kappa shape index (κ1) is 14.0. The van der Waals surface area contributed by atoms with Crippen molar-refractivity contribution in [2.45, 2.75) is 6.54 Å². The van der Waals surface area contributed by atoms with Crippen molar-refractivity contribution in [3.8, 4) is 0 Å². The van der Waals surface area contributed by atoms with E-state index in [0.29, 0.717) is 18.2 Å². The van der Waals surface area contributed by atoms with Gasteiger partial charge in [0.15, 0.2) is 0 Å². The van der Waals surface area contributed by atoms with Crippen molar-refractivity contribution in [2.75, 3.05) is 10.6 Å². The minimum absolute atomic E-state index is 0.236. The van der Waals surface area contributed by atoms with Gasteiger partial charge in [-0.15, -0.1) is 0 Å². The van der Waals surface area contributed by atoms with E-state index < -0.39 is 0 Å². The van der Waals surface area contributed by atoms with Gasteiger partial charge in [0.1, 0.15) is 23.8 Å². The van der Waals surface area contributed by atoms with E-state index in [1.54, 1.807) is 12.1 Å². The summed E-state index contributed by atoms with van der Waals surface area (Å²) < 4.78 is 12.9. The van der Waals surface area contributed by atoms with Crippen LogP contribution in [0.25, 0.3) is 0 Å². The van der Waals surface area contributed by atoms with Gasteiger partial charge in [-0.05, 0) is 29.8 Å². The number of nitrogens with zero attached hydrogens (tertiary/aromatic N) is 2. The summed E-state index contributed by atoms with van der Waals surface area (Å²) in [7, 11) is 0. The Hall–Kier alpha value is -2.95. The SMILES string of the molecule is Fc1ccc(CNc2cc(Nc3ccccc3)ncn2)cc1. The summed E-state index contributed by atoms with van der Waals surface area (Å²) in [5.41, 5.74) is 1.95. The molecular formula is C17H15FN4. The van der Waals surface area contributed by atoms with Gasteiger partial charge in [-0.25, -0.2) is 14.4 Å². The third-order valence-corrected chi connectivity index (χ3v) is 3.10. The van der Waals surface area contributed by atoms with Crippen LogP contribution >= 0.6 is 0 Å². The molecule has 1 heterocycles. The van der Waals surface area contributed by atoms with Gasteiger partial charge in [0.2, 0.25) is 0 Å². The topological polar surface area (TPSA) is 49.8 Å². The Balaban J connectivity index is 1.65. The Morgan fingerprint density at radius 3 is 2.36 bits per heavy atom. The lowest BCUT2D eigenvalue weighted by Gasteiger charge is -2.08. The van der Waals surface area contributed by atoms with Crippen LogP contribution in [0.5, 0.6) is 0 Å². The first-order valence-electron chi connectivity index (χ1n) is 6.92. The summed E-state index contributed by atoms with van der Waals surface area (Å²) in [6, 6.07) is 18.0. The number of nitrogens with one attached hydrogen (secondary N) is 2. The molecule has 5 heteroatoms. The van der Waals surface area contributed by atoms with E-state index in [-0.39, 0.29) is 5.82 Å². The van der Waals surface area contributed by atoms with E-state index in [1.165, 1.54) is 18.5 Å². The lowest BCUT2D eigenvalue weighted by molar-refractivity contribution is 0.627. The van der Waals surface area contributed by atoms with Crippen molar-refractivity contribution in [3.05, 3.63) is 78.4 Å². The number of rotatable bonds is 5. The molecule has 0 aliphatic rings. The maximum atomic E-state index is 12.9. The molecule has 0 saturated carbocycles. The second-order valence-corrected chi connectivity index (χ2v) is 4.76. The van der Waals surface area contributed by atoms with Crippen LogP contribution in [0, 0.1) is 5.82 Å². The molecule has 0 aliphatic carbocycles. The zero-order valence-electron chi connectivity index (χ0n) is 11.8. The first-order valence-corrected chi connectivity index (χ1v) is 6.92. The molecule has 3 aromatic rings. The zero-order chi connectivity index (χ0) is 15.2. The maximum absolute atomic E-state index is 12.9. The molecule has 1 aromatic heterocycles. The molecule has 2 N–H and O–H groups in total. The van der Waals surface area contributed by atoms with Gasteiger partial charge < -0.3 is 10.6 Å². The molecule has 4 nitrogen and oxygen atoms in total. The Labute approximate surface area is 128 Å². The van der Waals surface area contributed by atoms with E-state index in [2.05, 4.69) is 20.6 Å². The van der Waals surface area contributed by atoms with Crippen molar-refractivity contribution < 1.29 is 4.39 Å². The molecule has 0 amide bonds. The average molecular weight is 294 g/mol. The predicted octanol–water partition coefficient (Wildman–Crippen LogP) is 3.97. The summed E-state index contributed by atoms with van der Waals surface area (Å²) >= 11 is 0. The van der Waals surface area contributed by atoms with Gasteiger partial charge >= 0.3 is 0 Å². The Morgan fingerprint density at radius 1 is 0.864 bits per heavy atom. The quantitative estimate of drug-likeness (QED) is 0.747.